The van der Waals surface area contributed by atoms with Gasteiger partial charge in [-0.1, -0.05) is 26.8 Å². The summed E-state index contributed by atoms with van der Waals surface area (Å²) in [6.07, 6.45) is -8.29. The quantitative estimate of drug-likeness (QED) is 0.413. The zero-order chi connectivity index (χ0) is 32.9. The second-order valence-electron chi connectivity index (χ2n) is 9.79. The molecule has 1 aliphatic heterocycles. The van der Waals surface area contributed by atoms with Crippen molar-refractivity contribution in [2.75, 3.05) is 6.61 Å². The van der Waals surface area contributed by atoms with Crippen molar-refractivity contribution in [3.8, 4) is 11.5 Å². The molecular formula is C28H30F3NO5. The fourth-order valence-corrected chi connectivity index (χ4v) is 4.48. The second kappa shape index (κ2) is 8.77. The summed E-state index contributed by atoms with van der Waals surface area (Å²) in [6, 6.07) is 1.58. The minimum Gasteiger partial charge on any atom is -0.395 e. The van der Waals surface area contributed by atoms with E-state index in [1.54, 1.807) is 0 Å². The van der Waals surface area contributed by atoms with Crippen molar-refractivity contribution in [3.63, 3.8) is 0 Å². The van der Waals surface area contributed by atoms with Crippen LogP contribution in [0.1, 0.15) is 66.4 Å². The van der Waals surface area contributed by atoms with Crippen molar-refractivity contribution in [1.82, 2.24) is 4.57 Å². The van der Waals surface area contributed by atoms with Crippen molar-refractivity contribution >= 4 is 16.7 Å². The predicted molar refractivity (Wildman–Crippen MR) is 131 cm³/mol. The molecule has 1 atom stereocenters. The second-order valence-corrected chi connectivity index (χ2v) is 9.79. The number of nitrogens with zero attached hydrogens (tertiary/aromatic N) is 1. The summed E-state index contributed by atoms with van der Waals surface area (Å²) in [4.78, 5) is 13.7. The molecule has 1 aliphatic carbocycles. The molecule has 2 heterocycles. The number of fused-ring (bicyclic) bond motifs is 2. The zero-order valence-electron chi connectivity index (χ0n) is 27.3. The Morgan fingerprint density at radius 3 is 2.59 bits per heavy atom. The maximum atomic E-state index is 16.0. The number of rotatable bonds is 9. The lowest BCUT2D eigenvalue weighted by Gasteiger charge is -2.26. The van der Waals surface area contributed by atoms with Crippen LogP contribution in [-0.2, 0) is 28.5 Å². The Morgan fingerprint density at radius 1 is 1.24 bits per heavy atom. The molecule has 0 radical (unpaired) electrons. The van der Waals surface area contributed by atoms with Crippen molar-refractivity contribution in [3.05, 3.63) is 59.0 Å². The molecule has 6 nitrogen and oxygen atoms in total. The predicted octanol–water partition coefficient (Wildman–Crippen LogP) is 4.99. The molecule has 0 spiro atoms. The highest BCUT2D eigenvalue weighted by Crippen LogP contribution is 2.52. The number of ketones is 1. The van der Waals surface area contributed by atoms with E-state index in [0.29, 0.717) is 10.1 Å². The molecule has 1 aromatic heterocycles. The number of hydrogen-bond donors (Lipinski definition) is 2. The Morgan fingerprint density at radius 2 is 1.95 bits per heavy atom. The molecule has 1 saturated carbocycles. The van der Waals surface area contributed by atoms with Crippen molar-refractivity contribution in [1.29, 1.82) is 0 Å². The van der Waals surface area contributed by atoms with Gasteiger partial charge in [0.15, 0.2) is 11.5 Å². The van der Waals surface area contributed by atoms with Crippen molar-refractivity contribution in [2.24, 2.45) is 0 Å². The van der Waals surface area contributed by atoms with Gasteiger partial charge >= 0.3 is 6.29 Å². The number of benzene rings is 2. The Labute approximate surface area is 222 Å². The number of aliphatic hydroxyl groups excluding tert-OH is 2. The molecule has 9 heteroatoms. The summed E-state index contributed by atoms with van der Waals surface area (Å²) in [5, 5.41) is 19.5. The smallest absolute Gasteiger partial charge is 0.395 e. The molecule has 2 aliphatic rings. The number of carbonyl (C=O) groups excluding carboxylic acids is 1. The Kier molecular flexibility index (Phi) is 4.33. The van der Waals surface area contributed by atoms with Gasteiger partial charge in [0, 0.05) is 25.7 Å². The summed E-state index contributed by atoms with van der Waals surface area (Å²) in [5.41, 5.74) is -4.16. The summed E-state index contributed by atoms with van der Waals surface area (Å²) >= 11 is 0. The first kappa shape index (κ1) is 18.3. The van der Waals surface area contributed by atoms with Crippen molar-refractivity contribution in [2.45, 2.75) is 76.1 Å². The SMILES string of the molecule is [2H]c1c(CC(=O)C2(c3ccc4c(c3)OC(F)(F)O4)CC2)c(F)c([2H])c2c1c([2H])c(C(C)(C)C([2H])([2H])C)n2C([2H])([2H])[C@@H](O)CO. The standard InChI is InChI=1S/C28H30F3NO5/c1-4-26(2,3)24-10-17-9-16(20(29)13-21(17)32(24)14-19(34)15-33)11-25(35)27(7-8-27)18-5-6-22-23(12-18)37-28(30,31)36-22/h5-6,9-10,12-13,19,33-34H,4,7-8,11,14-15H2,1-3H3/t19-/m1/s1/i4D2,9D,10D,13D,14D2. The molecule has 2 aromatic carbocycles. The molecule has 0 saturated heterocycles. The van der Waals surface area contributed by atoms with E-state index in [2.05, 4.69) is 9.47 Å². The molecule has 2 N–H and O–H groups in total. The third-order valence-electron chi connectivity index (χ3n) is 6.94. The number of halogens is 3. The van der Waals surface area contributed by atoms with Gasteiger partial charge in [0.05, 0.1) is 37.0 Å². The number of aromatic nitrogens is 1. The summed E-state index contributed by atoms with van der Waals surface area (Å²) in [5.74, 6) is -2.44. The van der Waals surface area contributed by atoms with E-state index < -0.39 is 101 Å². The lowest BCUT2D eigenvalue weighted by Crippen LogP contribution is -2.26. The van der Waals surface area contributed by atoms with E-state index in [0.717, 1.165) is 0 Å². The number of aliphatic hydroxyl groups is 2. The Balaban J connectivity index is 1.67. The van der Waals surface area contributed by atoms with Gasteiger partial charge in [-0.3, -0.25) is 4.79 Å². The van der Waals surface area contributed by atoms with E-state index in [-0.39, 0.29) is 24.3 Å². The van der Waals surface area contributed by atoms with Crippen LogP contribution in [0.4, 0.5) is 13.2 Å². The fourth-order valence-electron chi connectivity index (χ4n) is 4.48. The van der Waals surface area contributed by atoms with E-state index in [4.69, 9.17) is 9.60 Å². The number of carbonyl (C=O) groups is 1. The molecule has 5 rings (SSSR count). The van der Waals surface area contributed by atoms with E-state index in [1.165, 1.54) is 39.0 Å². The highest BCUT2D eigenvalue weighted by atomic mass is 19.3. The average Bonchev–Trinajstić information content (AvgIpc) is 3.58. The lowest BCUT2D eigenvalue weighted by molar-refractivity contribution is -0.286. The fraction of sp³-hybridized carbons (Fsp3) is 0.464. The first-order chi connectivity index (χ1) is 20.1. The summed E-state index contributed by atoms with van der Waals surface area (Å²) in [6.45, 7) is -0.210. The van der Waals surface area contributed by atoms with E-state index >= 15 is 4.39 Å². The lowest BCUT2D eigenvalue weighted by atomic mass is 9.86. The van der Waals surface area contributed by atoms with Crippen LogP contribution in [0, 0.1) is 5.82 Å². The first-order valence-corrected chi connectivity index (χ1v) is 11.7. The highest BCUT2D eigenvalue weighted by Gasteiger charge is 2.52. The Bertz CT molecular complexity index is 1700. The number of alkyl halides is 2. The van der Waals surface area contributed by atoms with Gasteiger partial charge in [0.2, 0.25) is 0 Å². The summed E-state index contributed by atoms with van der Waals surface area (Å²) in [7, 11) is 0. The molecule has 3 aromatic rings. The minimum absolute atomic E-state index is 0.223. The molecule has 0 bridgehead atoms. The maximum absolute atomic E-state index is 16.0. The van der Waals surface area contributed by atoms with Gasteiger partial charge in [0.25, 0.3) is 0 Å². The average molecular weight is 525 g/mol. The largest absolute Gasteiger partial charge is 0.586 e. The van der Waals surface area contributed by atoms with Crippen LogP contribution >= 0.6 is 0 Å². The number of hydrogen-bond acceptors (Lipinski definition) is 5. The molecule has 0 unspecified atom stereocenters. The topological polar surface area (TPSA) is 80.9 Å². The van der Waals surface area contributed by atoms with Crippen LogP contribution in [0.3, 0.4) is 0 Å². The zero-order valence-corrected chi connectivity index (χ0v) is 20.3. The third-order valence-corrected chi connectivity index (χ3v) is 6.94. The van der Waals surface area contributed by atoms with Gasteiger partial charge in [-0.15, -0.1) is 8.78 Å². The van der Waals surface area contributed by atoms with E-state index in [1.807, 2.05) is 0 Å². The van der Waals surface area contributed by atoms with Crippen LogP contribution in [0.5, 0.6) is 11.5 Å². The first-order valence-electron chi connectivity index (χ1n) is 15.2. The van der Waals surface area contributed by atoms with E-state index in [9.17, 15) is 23.8 Å². The van der Waals surface area contributed by atoms with Crippen LogP contribution in [0.2, 0.25) is 0 Å². The number of Topliss-reactive ketones (excluding diaryl/α,β-unsaturated/α-hetero) is 1. The molecule has 0 amide bonds. The monoisotopic (exact) mass is 524 g/mol. The summed E-state index contributed by atoms with van der Waals surface area (Å²) < 4.78 is 113. The van der Waals surface area contributed by atoms with Gasteiger partial charge in [-0.05, 0) is 60.6 Å². The van der Waals surface area contributed by atoms with Crippen molar-refractivity contribution < 1.29 is 47.2 Å². The molecule has 37 heavy (non-hydrogen) atoms. The third kappa shape index (κ3) is 4.48. The van der Waals surface area contributed by atoms with Crippen LogP contribution in [-0.4, -0.2) is 39.6 Å². The van der Waals surface area contributed by atoms with Gasteiger partial charge in [0.1, 0.15) is 11.6 Å². The maximum Gasteiger partial charge on any atom is 0.586 e. The molecule has 1 fully saturated rings. The molecule has 198 valence electrons. The Hall–Kier alpha value is -3.04. The molecular weight excluding hydrogens is 487 g/mol. The number of ether oxygens (including phenoxy) is 2. The van der Waals surface area contributed by atoms with Gasteiger partial charge < -0.3 is 24.3 Å². The van der Waals surface area contributed by atoms with Crippen LogP contribution < -0.4 is 9.47 Å². The van der Waals surface area contributed by atoms with Gasteiger partial charge in [-0.25, -0.2) is 4.39 Å². The van der Waals surface area contributed by atoms with Gasteiger partial charge in [-0.2, -0.15) is 0 Å². The normalized spacial score (nSPS) is 21.8. The highest BCUT2D eigenvalue weighted by molar-refractivity contribution is 5.95. The van der Waals surface area contributed by atoms with Crippen LogP contribution in [0.15, 0.2) is 36.3 Å². The van der Waals surface area contributed by atoms with Crippen LogP contribution in [0.25, 0.3) is 10.9 Å². The minimum atomic E-state index is -3.87.